The van der Waals surface area contributed by atoms with Gasteiger partial charge in [-0.15, -0.1) is 0 Å². The molecule has 0 aliphatic carbocycles. The van der Waals surface area contributed by atoms with Crippen molar-refractivity contribution in [3.05, 3.63) is 34.2 Å². The lowest BCUT2D eigenvalue weighted by Gasteiger charge is -2.18. The van der Waals surface area contributed by atoms with Crippen molar-refractivity contribution in [3.63, 3.8) is 0 Å². The number of carbonyl (C=O) groups is 1. The topological polar surface area (TPSA) is 82.8 Å². The molecule has 0 aliphatic rings. The number of nitrogens with one attached hydrogen (secondary N) is 1. The molecule has 1 atom stereocenters. The molecular weight excluding hydrogens is 360 g/mol. The van der Waals surface area contributed by atoms with Crippen LogP contribution in [0.15, 0.2) is 16.7 Å². The molecule has 0 bridgehead atoms. The number of nitrogens with zero attached hydrogens (tertiary/aromatic N) is 1. The molecule has 8 heteroatoms. The second-order valence-corrected chi connectivity index (χ2v) is 6.11. The minimum absolute atomic E-state index is 0.108. The fourth-order valence-electron chi connectivity index (χ4n) is 2.63. The van der Waals surface area contributed by atoms with Gasteiger partial charge in [0, 0.05) is 12.0 Å². The predicted octanol–water partition coefficient (Wildman–Crippen LogP) is 3.47. The zero-order valence-corrected chi connectivity index (χ0v) is 16.3. The van der Waals surface area contributed by atoms with Crippen molar-refractivity contribution in [1.29, 1.82) is 0 Å². The maximum absolute atomic E-state index is 12.3. The van der Waals surface area contributed by atoms with Gasteiger partial charge in [-0.1, -0.05) is 5.16 Å². The molecule has 142 valence electrons. The van der Waals surface area contributed by atoms with Crippen LogP contribution in [0, 0.1) is 6.92 Å². The molecule has 1 amide bonds. The van der Waals surface area contributed by atoms with Gasteiger partial charge in [0.25, 0.3) is 0 Å². The number of rotatable bonds is 8. The molecule has 0 saturated heterocycles. The van der Waals surface area contributed by atoms with Crippen molar-refractivity contribution in [1.82, 2.24) is 10.5 Å². The number of aryl methyl sites for hydroxylation is 1. The van der Waals surface area contributed by atoms with Crippen molar-refractivity contribution in [2.75, 3.05) is 21.3 Å². The van der Waals surface area contributed by atoms with E-state index in [1.54, 1.807) is 28.3 Å². The fourth-order valence-corrected chi connectivity index (χ4v) is 2.89. The summed E-state index contributed by atoms with van der Waals surface area (Å²) in [7, 11) is 4.65. The van der Waals surface area contributed by atoms with Gasteiger partial charge in [-0.3, -0.25) is 4.79 Å². The van der Waals surface area contributed by atoms with Crippen LogP contribution >= 0.6 is 11.6 Å². The largest absolute Gasteiger partial charge is 0.493 e. The van der Waals surface area contributed by atoms with Crippen LogP contribution in [0.3, 0.4) is 0 Å². The quantitative estimate of drug-likeness (QED) is 0.752. The lowest BCUT2D eigenvalue weighted by molar-refractivity contribution is -0.121. The molecule has 1 unspecified atom stereocenters. The summed E-state index contributed by atoms with van der Waals surface area (Å²) in [6.45, 7) is 3.68. The number of ether oxygens (including phenoxy) is 3. The number of hydrogen-bond donors (Lipinski definition) is 1. The Kier molecular flexibility index (Phi) is 6.74. The van der Waals surface area contributed by atoms with Gasteiger partial charge in [0.1, 0.15) is 0 Å². The number of benzene rings is 1. The number of aromatic nitrogens is 1. The molecule has 2 rings (SSSR count). The molecule has 2 aromatic rings. The van der Waals surface area contributed by atoms with Crippen molar-refractivity contribution < 1.29 is 23.5 Å². The zero-order chi connectivity index (χ0) is 19.3. The third-order valence-electron chi connectivity index (χ3n) is 4.10. The molecule has 0 radical (unpaired) electrons. The molecule has 0 aliphatic heterocycles. The zero-order valence-electron chi connectivity index (χ0n) is 15.5. The first-order chi connectivity index (χ1) is 12.4. The Morgan fingerprint density at radius 1 is 1.23 bits per heavy atom. The molecule has 0 saturated carbocycles. The van der Waals surface area contributed by atoms with E-state index in [1.807, 2.05) is 19.1 Å². The first kappa shape index (κ1) is 19.9. The fraction of sp³-hybridized carbons (Fsp3) is 0.444. The summed E-state index contributed by atoms with van der Waals surface area (Å²) in [5.41, 5.74) is 2.29. The van der Waals surface area contributed by atoms with E-state index in [4.69, 9.17) is 30.3 Å². The lowest BCUT2D eigenvalue weighted by atomic mass is 10.1. The van der Waals surface area contributed by atoms with Gasteiger partial charge in [-0.2, -0.15) is 0 Å². The number of hydrogen-bond acceptors (Lipinski definition) is 6. The second kappa shape index (κ2) is 8.80. The molecular formula is C18H23ClN2O5. The molecule has 0 fully saturated rings. The van der Waals surface area contributed by atoms with Crippen LogP contribution in [0.25, 0.3) is 0 Å². The summed E-state index contributed by atoms with van der Waals surface area (Å²) in [6.07, 6.45) is 0.735. The molecule has 1 heterocycles. The Morgan fingerprint density at radius 3 is 2.31 bits per heavy atom. The summed E-state index contributed by atoms with van der Waals surface area (Å²) in [5.74, 6) is 1.47. The molecule has 1 N–H and O–H groups in total. The number of amides is 1. The summed E-state index contributed by atoms with van der Waals surface area (Å²) in [4.78, 5) is 12.3. The summed E-state index contributed by atoms with van der Waals surface area (Å²) < 4.78 is 20.9. The van der Waals surface area contributed by atoms with Gasteiger partial charge in [-0.25, -0.2) is 0 Å². The van der Waals surface area contributed by atoms with Gasteiger partial charge in [-0.05, 0) is 49.6 Å². The Hall–Kier alpha value is -2.41. The van der Waals surface area contributed by atoms with Gasteiger partial charge in [0.05, 0.1) is 33.1 Å². The van der Waals surface area contributed by atoms with Crippen LogP contribution in [-0.4, -0.2) is 32.4 Å². The number of halogens is 1. The van der Waals surface area contributed by atoms with Crippen LogP contribution < -0.4 is 19.5 Å². The van der Waals surface area contributed by atoms with Gasteiger partial charge >= 0.3 is 0 Å². The Morgan fingerprint density at radius 2 is 1.85 bits per heavy atom. The smallest absolute Gasteiger partial charge is 0.229 e. The molecule has 0 spiro atoms. The third-order valence-corrected chi connectivity index (χ3v) is 4.40. The first-order valence-electron chi connectivity index (χ1n) is 8.11. The van der Waals surface area contributed by atoms with Crippen molar-refractivity contribution in [2.45, 2.75) is 32.7 Å². The molecule has 7 nitrogen and oxygen atoms in total. The van der Waals surface area contributed by atoms with E-state index in [0.29, 0.717) is 29.4 Å². The minimum atomic E-state index is -0.241. The summed E-state index contributed by atoms with van der Waals surface area (Å²) in [6, 6.07) is 3.39. The lowest BCUT2D eigenvalue weighted by Crippen LogP contribution is -2.27. The minimum Gasteiger partial charge on any atom is -0.493 e. The normalized spacial score (nSPS) is 11.8. The maximum atomic E-state index is 12.3. The Bertz CT molecular complexity index is 730. The molecule has 26 heavy (non-hydrogen) atoms. The monoisotopic (exact) mass is 382 g/mol. The van der Waals surface area contributed by atoms with Crippen molar-refractivity contribution in [3.8, 4) is 17.2 Å². The van der Waals surface area contributed by atoms with Crippen LogP contribution in [0.1, 0.15) is 36.2 Å². The van der Waals surface area contributed by atoms with E-state index in [9.17, 15) is 4.79 Å². The highest BCUT2D eigenvalue weighted by Crippen LogP contribution is 2.39. The van der Waals surface area contributed by atoms with E-state index >= 15 is 0 Å². The van der Waals surface area contributed by atoms with Gasteiger partial charge < -0.3 is 24.1 Å². The Balaban J connectivity index is 2.06. The Labute approximate surface area is 157 Å². The summed E-state index contributed by atoms with van der Waals surface area (Å²) in [5, 5.41) is 6.96. The van der Waals surface area contributed by atoms with E-state index < -0.39 is 0 Å². The van der Waals surface area contributed by atoms with Crippen LogP contribution in [0.4, 0.5) is 0 Å². The SMILES string of the molecule is COc1cc(C(C)NC(=O)CCc2c(C)noc2Cl)cc(OC)c1OC. The highest BCUT2D eigenvalue weighted by atomic mass is 35.5. The van der Waals surface area contributed by atoms with Crippen LogP contribution in [0.5, 0.6) is 17.2 Å². The summed E-state index contributed by atoms with van der Waals surface area (Å²) >= 11 is 5.92. The van der Waals surface area contributed by atoms with Crippen molar-refractivity contribution >= 4 is 17.5 Å². The van der Waals surface area contributed by atoms with Gasteiger partial charge in [0.15, 0.2) is 11.5 Å². The van der Waals surface area contributed by atoms with E-state index in [2.05, 4.69) is 10.5 Å². The average molecular weight is 383 g/mol. The number of carbonyl (C=O) groups excluding carboxylic acids is 1. The van der Waals surface area contributed by atoms with Crippen LogP contribution in [-0.2, 0) is 11.2 Å². The standard InChI is InChI=1S/C18H23ClN2O5/c1-10(12-8-14(23-3)17(25-5)15(9-12)24-4)20-16(22)7-6-13-11(2)21-26-18(13)19/h8-10H,6-7H2,1-5H3,(H,20,22). The highest BCUT2D eigenvalue weighted by Gasteiger charge is 2.18. The third kappa shape index (κ3) is 4.40. The maximum Gasteiger partial charge on any atom is 0.229 e. The number of methoxy groups -OCH3 is 3. The molecule has 1 aromatic carbocycles. The van der Waals surface area contributed by atoms with E-state index in [-0.39, 0.29) is 23.6 Å². The van der Waals surface area contributed by atoms with Gasteiger partial charge in [0.2, 0.25) is 16.9 Å². The van der Waals surface area contributed by atoms with Crippen molar-refractivity contribution in [2.24, 2.45) is 0 Å². The second-order valence-electron chi connectivity index (χ2n) is 5.77. The predicted molar refractivity (Wildman–Crippen MR) is 97.2 cm³/mol. The molecule has 1 aromatic heterocycles. The van der Waals surface area contributed by atoms with Crippen LogP contribution in [0.2, 0.25) is 5.22 Å². The first-order valence-corrected chi connectivity index (χ1v) is 8.49. The highest BCUT2D eigenvalue weighted by molar-refractivity contribution is 6.29. The average Bonchev–Trinajstić information content (AvgIpc) is 2.96. The van der Waals surface area contributed by atoms with E-state index in [0.717, 1.165) is 11.1 Å². The van der Waals surface area contributed by atoms with E-state index in [1.165, 1.54) is 0 Å².